The minimum atomic E-state index is 0.522. The number of nitrogens with one attached hydrogen (secondary N) is 1. The van der Waals surface area contributed by atoms with Crippen molar-refractivity contribution in [2.24, 2.45) is 0 Å². The van der Waals surface area contributed by atoms with Crippen LogP contribution in [0.3, 0.4) is 0 Å². The predicted molar refractivity (Wildman–Crippen MR) is 49.5 cm³/mol. The van der Waals surface area contributed by atoms with E-state index < -0.39 is 0 Å². The van der Waals surface area contributed by atoms with Crippen molar-refractivity contribution in [3.63, 3.8) is 0 Å². The van der Waals surface area contributed by atoms with Crippen molar-refractivity contribution in [2.45, 2.75) is 19.4 Å². The Hall–Kier alpha value is -0.520. The fraction of sp³-hybridized carbons (Fsp3) is 0.778. The summed E-state index contributed by atoms with van der Waals surface area (Å²) in [6, 6.07) is 0.522. The highest BCUT2D eigenvalue weighted by molar-refractivity contribution is 4.87. The molecular weight excluding hydrogens is 136 g/mol. The zero-order valence-corrected chi connectivity index (χ0v) is 7.72. The Morgan fingerprint density at radius 3 is 2.64 bits per heavy atom. The molecule has 64 valence electrons. The van der Waals surface area contributed by atoms with Crippen molar-refractivity contribution >= 4 is 0 Å². The van der Waals surface area contributed by atoms with Gasteiger partial charge in [0.15, 0.2) is 0 Å². The van der Waals surface area contributed by atoms with Gasteiger partial charge >= 0.3 is 0 Å². The first-order valence-corrected chi connectivity index (χ1v) is 3.98. The lowest BCUT2D eigenvalue weighted by molar-refractivity contribution is 0.371. The first-order chi connectivity index (χ1) is 5.16. The van der Waals surface area contributed by atoms with Crippen LogP contribution in [0.15, 0.2) is 0 Å². The summed E-state index contributed by atoms with van der Waals surface area (Å²) < 4.78 is 0. The summed E-state index contributed by atoms with van der Waals surface area (Å²) in [4.78, 5) is 2.17. The number of hydrogen-bond acceptors (Lipinski definition) is 2. The van der Waals surface area contributed by atoms with Gasteiger partial charge in [-0.3, -0.25) is 0 Å². The Morgan fingerprint density at radius 2 is 2.18 bits per heavy atom. The van der Waals surface area contributed by atoms with Crippen molar-refractivity contribution in [1.82, 2.24) is 10.2 Å². The van der Waals surface area contributed by atoms with Gasteiger partial charge in [0.05, 0.1) is 6.54 Å². The summed E-state index contributed by atoms with van der Waals surface area (Å²) in [6.45, 7) is 3.94. The maximum atomic E-state index is 5.11. The molecule has 2 heteroatoms. The summed E-state index contributed by atoms with van der Waals surface area (Å²) in [6.07, 6.45) is 6.26. The summed E-state index contributed by atoms with van der Waals surface area (Å²) in [5.74, 6) is 2.56. The molecule has 0 aliphatic heterocycles. The number of nitrogens with zero attached hydrogens (tertiary/aromatic N) is 1. The maximum absolute atomic E-state index is 5.11. The van der Waals surface area contributed by atoms with Gasteiger partial charge in [-0.05, 0) is 34.0 Å². The van der Waals surface area contributed by atoms with Gasteiger partial charge in [-0.15, -0.1) is 6.42 Å². The highest BCUT2D eigenvalue weighted by Gasteiger charge is 1.99. The minimum absolute atomic E-state index is 0.522. The van der Waals surface area contributed by atoms with E-state index in [0.717, 1.165) is 13.0 Å². The van der Waals surface area contributed by atoms with Gasteiger partial charge in [-0.2, -0.15) is 0 Å². The van der Waals surface area contributed by atoms with Crippen LogP contribution in [-0.4, -0.2) is 38.1 Å². The molecule has 1 atom stereocenters. The van der Waals surface area contributed by atoms with E-state index >= 15 is 0 Å². The molecular formula is C9H18N2. The van der Waals surface area contributed by atoms with Crippen molar-refractivity contribution in [3.05, 3.63) is 0 Å². The molecule has 0 aliphatic carbocycles. The molecule has 1 N–H and O–H groups in total. The molecule has 0 fully saturated rings. The average Bonchev–Trinajstić information content (AvgIpc) is 1.97. The second-order valence-electron chi connectivity index (χ2n) is 3.08. The van der Waals surface area contributed by atoms with E-state index in [-0.39, 0.29) is 0 Å². The van der Waals surface area contributed by atoms with Crippen LogP contribution in [0.1, 0.15) is 13.3 Å². The Kier molecular flexibility index (Phi) is 5.91. The highest BCUT2D eigenvalue weighted by Crippen LogP contribution is 1.90. The van der Waals surface area contributed by atoms with E-state index in [1.54, 1.807) is 0 Å². The SMILES string of the molecule is C#CCNC(C)CCN(C)C. The number of rotatable bonds is 5. The van der Waals surface area contributed by atoms with Crippen LogP contribution in [0.2, 0.25) is 0 Å². The van der Waals surface area contributed by atoms with Crippen molar-refractivity contribution in [1.29, 1.82) is 0 Å². The van der Waals surface area contributed by atoms with Crippen molar-refractivity contribution in [3.8, 4) is 12.3 Å². The normalized spacial score (nSPS) is 13.0. The van der Waals surface area contributed by atoms with E-state index in [1.165, 1.54) is 0 Å². The monoisotopic (exact) mass is 154 g/mol. The molecule has 0 aromatic rings. The minimum Gasteiger partial charge on any atom is -0.309 e. The zero-order chi connectivity index (χ0) is 8.69. The second kappa shape index (κ2) is 6.21. The number of terminal acetylenes is 1. The lowest BCUT2D eigenvalue weighted by Crippen LogP contribution is -2.29. The average molecular weight is 154 g/mol. The lowest BCUT2D eigenvalue weighted by Gasteiger charge is -2.14. The van der Waals surface area contributed by atoms with Gasteiger partial charge < -0.3 is 10.2 Å². The molecule has 0 bridgehead atoms. The van der Waals surface area contributed by atoms with Gasteiger partial charge in [0.25, 0.3) is 0 Å². The second-order valence-corrected chi connectivity index (χ2v) is 3.08. The summed E-state index contributed by atoms with van der Waals surface area (Å²) in [7, 11) is 4.15. The molecule has 0 amide bonds. The van der Waals surface area contributed by atoms with Crippen LogP contribution in [0.25, 0.3) is 0 Å². The Balaban J connectivity index is 3.23. The molecule has 0 saturated heterocycles. The third kappa shape index (κ3) is 7.38. The largest absolute Gasteiger partial charge is 0.309 e. The van der Waals surface area contributed by atoms with Crippen LogP contribution in [0, 0.1) is 12.3 Å². The van der Waals surface area contributed by atoms with Crippen molar-refractivity contribution < 1.29 is 0 Å². The van der Waals surface area contributed by atoms with Crippen LogP contribution in [0.4, 0.5) is 0 Å². The van der Waals surface area contributed by atoms with Crippen LogP contribution < -0.4 is 5.32 Å². The summed E-state index contributed by atoms with van der Waals surface area (Å²) >= 11 is 0. The van der Waals surface area contributed by atoms with Crippen molar-refractivity contribution in [2.75, 3.05) is 27.2 Å². The molecule has 0 saturated carbocycles. The van der Waals surface area contributed by atoms with E-state index in [4.69, 9.17) is 6.42 Å². The van der Waals surface area contributed by atoms with E-state index in [9.17, 15) is 0 Å². The molecule has 0 spiro atoms. The topological polar surface area (TPSA) is 15.3 Å². The molecule has 11 heavy (non-hydrogen) atoms. The molecule has 0 radical (unpaired) electrons. The molecule has 0 heterocycles. The quantitative estimate of drug-likeness (QED) is 0.582. The Labute approximate surface area is 70.0 Å². The molecule has 0 aliphatic rings. The number of hydrogen-bond donors (Lipinski definition) is 1. The molecule has 2 nitrogen and oxygen atoms in total. The molecule has 0 rings (SSSR count). The van der Waals surface area contributed by atoms with Gasteiger partial charge in [0.1, 0.15) is 0 Å². The third-order valence-corrected chi connectivity index (χ3v) is 1.56. The third-order valence-electron chi connectivity index (χ3n) is 1.56. The Bertz CT molecular complexity index is 124. The van der Waals surface area contributed by atoms with Gasteiger partial charge in [-0.1, -0.05) is 5.92 Å². The first-order valence-electron chi connectivity index (χ1n) is 3.98. The van der Waals surface area contributed by atoms with Crippen LogP contribution in [0.5, 0.6) is 0 Å². The smallest absolute Gasteiger partial charge is 0.0575 e. The van der Waals surface area contributed by atoms with E-state index in [1.807, 2.05) is 0 Å². The molecule has 1 unspecified atom stereocenters. The van der Waals surface area contributed by atoms with Gasteiger partial charge in [-0.25, -0.2) is 0 Å². The highest BCUT2D eigenvalue weighted by atomic mass is 15.1. The predicted octanol–water partition coefficient (Wildman–Crippen LogP) is 0.549. The fourth-order valence-corrected chi connectivity index (χ4v) is 0.787. The maximum Gasteiger partial charge on any atom is 0.0575 e. The van der Waals surface area contributed by atoms with Crippen LogP contribution >= 0.6 is 0 Å². The first kappa shape index (κ1) is 10.5. The van der Waals surface area contributed by atoms with E-state index in [2.05, 4.69) is 37.2 Å². The summed E-state index contributed by atoms with van der Waals surface area (Å²) in [5.41, 5.74) is 0. The van der Waals surface area contributed by atoms with Gasteiger partial charge in [0.2, 0.25) is 0 Å². The van der Waals surface area contributed by atoms with Gasteiger partial charge in [0, 0.05) is 6.04 Å². The Morgan fingerprint density at radius 1 is 1.55 bits per heavy atom. The standard InChI is InChI=1S/C9H18N2/c1-5-7-10-9(2)6-8-11(3)4/h1,9-10H,6-8H2,2-4H3. The molecule has 0 aromatic carbocycles. The fourth-order valence-electron chi connectivity index (χ4n) is 0.787. The molecule has 0 aromatic heterocycles. The summed E-state index contributed by atoms with van der Waals surface area (Å²) in [5, 5.41) is 3.22. The van der Waals surface area contributed by atoms with E-state index in [0.29, 0.717) is 12.6 Å². The zero-order valence-electron chi connectivity index (χ0n) is 7.72. The lowest BCUT2D eigenvalue weighted by atomic mass is 10.2. The van der Waals surface area contributed by atoms with Crippen LogP contribution in [-0.2, 0) is 0 Å².